The molecule has 1 N–H and O–H groups in total. The van der Waals surface area contributed by atoms with Crippen LogP contribution in [0.1, 0.15) is 5.56 Å². The highest BCUT2D eigenvalue weighted by Gasteiger charge is 2.10. The molecule has 0 fully saturated rings. The summed E-state index contributed by atoms with van der Waals surface area (Å²) in [4.78, 5) is -0.373. The number of hydrogen-bond acceptors (Lipinski definition) is 5. The molecule has 0 spiro atoms. The van der Waals surface area contributed by atoms with Gasteiger partial charge in [-0.1, -0.05) is 41.7 Å². The van der Waals surface area contributed by atoms with E-state index in [9.17, 15) is 13.0 Å². The quantitative estimate of drug-likeness (QED) is 0.400. The van der Waals surface area contributed by atoms with Crippen LogP contribution in [0.5, 0.6) is 5.75 Å². The number of hydrogen-bond donors (Lipinski definition) is 1. The molecule has 3 aromatic carbocycles. The molecule has 0 amide bonds. The molecule has 0 saturated heterocycles. The van der Waals surface area contributed by atoms with E-state index < -0.39 is 10.1 Å². The topological polar surface area (TPSA) is 81.3 Å². The molecule has 0 saturated carbocycles. The Morgan fingerprint density at radius 2 is 1.81 bits per heavy atom. The van der Waals surface area contributed by atoms with Gasteiger partial charge in [-0.2, -0.15) is 4.57 Å². The average molecular weight is 387 g/mol. The summed E-state index contributed by atoms with van der Waals surface area (Å²) in [6, 6.07) is 16.6. The number of nitrogens with zero attached hydrogens (tertiary/aromatic N) is 1. The molecule has 1 aromatic heterocycles. The lowest BCUT2D eigenvalue weighted by Crippen LogP contribution is -2.24. The van der Waals surface area contributed by atoms with Crippen molar-refractivity contribution >= 4 is 42.4 Å². The van der Waals surface area contributed by atoms with E-state index in [2.05, 4.69) is 53.5 Å². The second kappa shape index (κ2) is 7.03. The molecule has 0 atom stereocenters. The van der Waals surface area contributed by atoms with Gasteiger partial charge in [0.1, 0.15) is 27.6 Å². The number of thiazole rings is 1. The largest absolute Gasteiger partial charge is 0.744 e. The summed E-state index contributed by atoms with van der Waals surface area (Å²) in [6.45, 7) is 1.49. The molecular weight excluding hydrogens is 370 g/mol. The van der Waals surface area contributed by atoms with E-state index in [0.29, 0.717) is 5.56 Å². The third-order valence-electron chi connectivity index (χ3n) is 4.00. The minimum atomic E-state index is -4.47. The van der Waals surface area contributed by atoms with Gasteiger partial charge in [0.2, 0.25) is 11.0 Å². The lowest BCUT2D eigenvalue weighted by Gasteiger charge is -2.09. The highest BCUT2D eigenvalue weighted by atomic mass is 32.2. The van der Waals surface area contributed by atoms with Crippen molar-refractivity contribution in [1.29, 1.82) is 0 Å². The molecule has 0 aliphatic carbocycles. The second-order valence-electron chi connectivity index (χ2n) is 5.87. The van der Waals surface area contributed by atoms with Gasteiger partial charge in [0.25, 0.3) is 0 Å². The molecule has 0 aliphatic rings. The maximum absolute atomic E-state index is 10.5. The Hall–Kier alpha value is -2.48. The van der Waals surface area contributed by atoms with Gasteiger partial charge in [-0.15, -0.1) is 0 Å². The molecule has 5 nitrogen and oxygen atoms in total. The van der Waals surface area contributed by atoms with Gasteiger partial charge in [-0.05, 0) is 42.1 Å². The standard InChI is InChI=1S/C12H10NS.C7H8O4S/c1-13-8-14-11-7-6-9-4-2-3-5-10(9)12(11)13;1-5-2-3-6(8)4-7(5)12(9,10)11/h2-8H,1H3;2-4,8H,1H3,(H,9,10,11)/q+1;/p-1. The van der Waals surface area contributed by atoms with E-state index in [0.717, 1.165) is 6.07 Å². The highest BCUT2D eigenvalue weighted by molar-refractivity contribution is 7.85. The highest BCUT2D eigenvalue weighted by Crippen LogP contribution is 2.25. The number of phenols is 1. The van der Waals surface area contributed by atoms with Crippen LogP contribution >= 0.6 is 11.3 Å². The van der Waals surface area contributed by atoms with E-state index in [4.69, 9.17) is 5.11 Å². The van der Waals surface area contributed by atoms with Crippen LogP contribution in [-0.2, 0) is 17.2 Å². The van der Waals surface area contributed by atoms with Crippen LogP contribution < -0.4 is 4.57 Å². The van der Waals surface area contributed by atoms with Gasteiger partial charge in [0.15, 0.2) is 0 Å². The van der Waals surface area contributed by atoms with Crippen molar-refractivity contribution < 1.29 is 22.6 Å². The summed E-state index contributed by atoms with van der Waals surface area (Å²) in [6.07, 6.45) is 0. The molecule has 7 heteroatoms. The smallest absolute Gasteiger partial charge is 0.231 e. The van der Waals surface area contributed by atoms with Crippen molar-refractivity contribution in [3.05, 3.63) is 65.7 Å². The molecule has 1 heterocycles. The zero-order valence-corrected chi connectivity index (χ0v) is 15.8. The monoisotopic (exact) mass is 387 g/mol. The predicted octanol–water partition coefficient (Wildman–Crippen LogP) is 3.48. The van der Waals surface area contributed by atoms with Crippen LogP contribution in [0.15, 0.2) is 65.0 Å². The Labute approximate surface area is 155 Å². The van der Waals surface area contributed by atoms with Gasteiger partial charge in [0.05, 0.1) is 10.3 Å². The van der Waals surface area contributed by atoms with Gasteiger partial charge >= 0.3 is 0 Å². The average Bonchev–Trinajstić information content (AvgIpc) is 2.98. The lowest BCUT2D eigenvalue weighted by molar-refractivity contribution is -0.639. The maximum atomic E-state index is 10.5. The fourth-order valence-electron chi connectivity index (χ4n) is 2.74. The number of fused-ring (bicyclic) bond motifs is 3. The first-order chi connectivity index (χ1) is 12.3. The molecule has 4 rings (SSSR count). The van der Waals surface area contributed by atoms with Crippen molar-refractivity contribution in [2.45, 2.75) is 11.8 Å². The van der Waals surface area contributed by atoms with Gasteiger partial charge in [-0.25, -0.2) is 8.42 Å². The van der Waals surface area contributed by atoms with Crippen molar-refractivity contribution in [2.75, 3.05) is 0 Å². The Morgan fingerprint density at radius 3 is 2.50 bits per heavy atom. The molecule has 0 unspecified atom stereocenters. The number of benzene rings is 3. The molecular formula is C19H17NO4S2. The van der Waals surface area contributed by atoms with E-state index in [1.807, 2.05) is 0 Å². The molecule has 26 heavy (non-hydrogen) atoms. The predicted molar refractivity (Wildman–Crippen MR) is 101 cm³/mol. The van der Waals surface area contributed by atoms with Crippen molar-refractivity contribution in [1.82, 2.24) is 0 Å². The van der Waals surface area contributed by atoms with Gasteiger partial charge in [0, 0.05) is 0 Å². The Balaban J connectivity index is 0.000000153. The molecule has 4 aromatic rings. The summed E-state index contributed by atoms with van der Waals surface area (Å²) < 4.78 is 35.2. The van der Waals surface area contributed by atoms with Crippen LogP contribution in [0.25, 0.3) is 21.0 Å². The lowest BCUT2D eigenvalue weighted by atomic mass is 10.1. The fraction of sp³-hybridized carbons (Fsp3) is 0.105. The number of aryl methyl sites for hydroxylation is 2. The number of phenolic OH excluding ortho intramolecular Hbond substituents is 1. The second-order valence-corrected chi connectivity index (χ2v) is 8.11. The zero-order valence-electron chi connectivity index (χ0n) is 14.2. The third-order valence-corrected chi connectivity index (χ3v) is 5.98. The number of aromatic hydroxyl groups is 1. The van der Waals surface area contributed by atoms with Crippen LogP contribution in [0.3, 0.4) is 0 Å². The van der Waals surface area contributed by atoms with Crippen molar-refractivity contribution in [2.24, 2.45) is 7.05 Å². The Kier molecular flexibility index (Phi) is 4.95. The zero-order chi connectivity index (χ0) is 18.9. The summed E-state index contributed by atoms with van der Waals surface area (Å²) in [5.41, 5.74) is 3.83. The van der Waals surface area contributed by atoms with Crippen LogP contribution in [0.2, 0.25) is 0 Å². The van der Waals surface area contributed by atoms with Gasteiger partial charge in [-0.3, -0.25) is 0 Å². The Bertz CT molecular complexity index is 1200. The summed E-state index contributed by atoms with van der Waals surface area (Å²) in [5, 5.41) is 11.6. The number of aromatic nitrogens is 1. The minimum Gasteiger partial charge on any atom is -0.744 e. The van der Waals surface area contributed by atoms with Crippen molar-refractivity contribution in [3.8, 4) is 5.75 Å². The van der Waals surface area contributed by atoms with E-state index in [1.54, 1.807) is 11.3 Å². The molecule has 134 valence electrons. The van der Waals surface area contributed by atoms with Crippen LogP contribution in [0.4, 0.5) is 0 Å². The van der Waals surface area contributed by atoms with Gasteiger partial charge < -0.3 is 9.66 Å². The third kappa shape index (κ3) is 3.70. The van der Waals surface area contributed by atoms with E-state index in [-0.39, 0.29) is 10.6 Å². The molecule has 0 radical (unpaired) electrons. The minimum absolute atomic E-state index is 0.227. The maximum Gasteiger partial charge on any atom is 0.231 e. The van der Waals surface area contributed by atoms with Crippen LogP contribution in [0, 0.1) is 6.92 Å². The van der Waals surface area contributed by atoms with E-state index in [1.165, 1.54) is 40.0 Å². The SMILES string of the molecule is C[n+]1csc2ccc3ccccc3c21.Cc1ccc(O)cc1S(=O)(=O)[O-]. The first kappa shape index (κ1) is 18.3. The normalized spacial score (nSPS) is 11.3. The van der Waals surface area contributed by atoms with Crippen LogP contribution in [-0.4, -0.2) is 18.1 Å². The van der Waals surface area contributed by atoms with Crippen molar-refractivity contribution in [3.63, 3.8) is 0 Å². The molecule has 0 bridgehead atoms. The summed E-state index contributed by atoms with van der Waals surface area (Å²) in [5.74, 6) is -0.227. The first-order valence-corrected chi connectivity index (χ1v) is 10.1. The Morgan fingerprint density at radius 1 is 1.08 bits per heavy atom. The number of rotatable bonds is 1. The molecule has 0 aliphatic heterocycles. The fourth-order valence-corrected chi connectivity index (χ4v) is 4.36. The van der Waals surface area contributed by atoms with E-state index >= 15 is 0 Å². The first-order valence-electron chi connectivity index (χ1n) is 7.77. The summed E-state index contributed by atoms with van der Waals surface area (Å²) >= 11 is 1.79. The summed E-state index contributed by atoms with van der Waals surface area (Å²) in [7, 11) is -2.36.